The Balaban J connectivity index is 1.44. The summed E-state index contributed by atoms with van der Waals surface area (Å²) in [7, 11) is 0. The van der Waals surface area contributed by atoms with Crippen LogP contribution in [-0.4, -0.2) is 78.2 Å². The number of nitrogens with two attached hydrogens (primary N) is 1. The van der Waals surface area contributed by atoms with Crippen molar-refractivity contribution >= 4 is 17.5 Å². The zero-order valence-electron chi connectivity index (χ0n) is 20.1. The van der Waals surface area contributed by atoms with E-state index in [9.17, 15) is 14.7 Å². The highest BCUT2D eigenvalue weighted by Crippen LogP contribution is 2.21. The molecule has 0 saturated carbocycles. The number of hydrogen-bond donors (Lipinski definition) is 4. The summed E-state index contributed by atoms with van der Waals surface area (Å²) in [6, 6.07) is 9.55. The van der Waals surface area contributed by atoms with Crippen LogP contribution in [0.1, 0.15) is 24.8 Å². The average Bonchev–Trinajstić information content (AvgIpc) is 2.89. The number of rotatable bonds is 9. The van der Waals surface area contributed by atoms with Crippen LogP contribution < -0.4 is 21.3 Å². The van der Waals surface area contributed by atoms with Gasteiger partial charge >= 0.3 is 0 Å². The summed E-state index contributed by atoms with van der Waals surface area (Å²) in [5, 5.41) is 16.3. The number of pyridine rings is 1. The third kappa shape index (κ3) is 6.93. The fourth-order valence-electron chi connectivity index (χ4n) is 5.00. The van der Waals surface area contributed by atoms with Crippen molar-refractivity contribution in [3.8, 4) is 5.75 Å². The number of piperazine rings is 1. The van der Waals surface area contributed by atoms with E-state index in [0.717, 1.165) is 50.3 Å². The van der Waals surface area contributed by atoms with E-state index in [1.165, 1.54) is 0 Å². The van der Waals surface area contributed by atoms with Crippen molar-refractivity contribution in [1.82, 2.24) is 20.5 Å². The van der Waals surface area contributed by atoms with E-state index in [2.05, 4.69) is 20.5 Å². The van der Waals surface area contributed by atoms with Crippen molar-refractivity contribution in [1.29, 1.82) is 0 Å². The summed E-state index contributed by atoms with van der Waals surface area (Å²) < 4.78 is 0. The second-order valence-corrected chi connectivity index (χ2v) is 9.49. The molecule has 35 heavy (non-hydrogen) atoms. The monoisotopic (exact) mass is 480 g/mol. The molecule has 2 aromatic rings. The number of nitrogens with zero attached hydrogens (tertiary/aromatic N) is 3. The van der Waals surface area contributed by atoms with Gasteiger partial charge in [-0.3, -0.25) is 19.9 Å². The van der Waals surface area contributed by atoms with Crippen LogP contribution in [-0.2, 0) is 16.0 Å². The van der Waals surface area contributed by atoms with Gasteiger partial charge in [0.2, 0.25) is 11.8 Å². The predicted molar refractivity (Wildman–Crippen MR) is 135 cm³/mol. The number of benzene rings is 1. The number of nitrogens with one attached hydrogen (secondary N) is 2. The van der Waals surface area contributed by atoms with E-state index >= 15 is 0 Å². The molecule has 2 amide bonds. The lowest BCUT2D eigenvalue weighted by atomic mass is 9.89. The summed E-state index contributed by atoms with van der Waals surface area (Å²) in [4.78, 5) is 34.3. The molecule has 9 nitrogen and oxygen atoms in total. The molecule has 1 aromatic heterocycles. The van der Waals surface area contributed by atoms with Crippen LogP contribution in [0.3, 0.4) is 0 Å². The normalized spacial score (nSPS) is 18.7. The van der Waals surface area contributed by atoms with Gasteiger partial charge in [-0.1, -0.05) is 12.1 Å². The van der Waals surface area contributed by atoms with Gasteiger partial charge in [-0.05, 0) is 74.5 Å². The summed E-state index contributed by atoms with van der Waals surface area (Å²) in [5.41, 5.74) is 7.74. The topological polar surface area (TPSA) is 124 Å². The van der Waals surface area contributed by atoms with Crippen molar-refractivity contribution < 1.29 is 14.7 Å². The SMILES string of the molecule is NC(=O)[C@@H](Cc1ccc(O)cc1)N[C@@H](CC1CCNCC1)C(=O)N1CCN(c2ccncc2)CC1. The second kappa shape index (κ2) is 12.0. The van der Waals surface area contributed by atoms with Gasteiger partial charge < -0.3 is 26.0 Å². The number of phenols is 1. The molecule has 1 aromatic carbocycles. The summed E-state index contributed by atoms with van der Waals surface area (Å²) >= 11 is 0. The predicted octanol–water partition coefficient (Wildman–Crippen LogP) is 0.880. The summed E-state index contributed by atoms with van der Waals surface area (Å²) in [6.45, 7) is 4.66. The van der Waals surface area contributed by atoms with Crippen molar-refractivity contribution in [3.05, 3.63) is 54.4 Å². The number of aromatic nitrogens is 1. The fraction of sp³-hybridized carbons (Fsp3) is 0.500. The van der Waals surface area contributed by atoms with Crippen LogP contribution in [0.2, 0.25) is 0 Å². The molecular weight excluding hydrogens is 444 g/mol. The van der Waals surface area contributed by atoms with Gasteiger partial charge in [-0.2, -0.15) is 0 Å². The molecule has 2 aliphatic heterocycles. The standard InChI is InChI=1S/C26H36N6O3/c27-25(34)23(17-19-1-3-22(33)4-2-19)30-24(18-20-5-9-28-10-6-20)26(35)32-15-13-31(14-16-32)21-7-11-29-12-8-21/h1-4,7-8,11-12,20,23-24,28,30,33H,5-6,9-10,13-18H2,(H2,27,34)/t23-,24+/m1/s1. The number of piperidine rings is 1. The largest absolute Gasteiger partial charge is 0.508 e. The quantitative estimate of drug-likeness (QED) is 0.420. The highest BCUT2D eigenvalue weighted by Gasteiger charge is 2.32. The molecule has 188 valence electrons. The zero-order chi connectivity index (χ0) is 24.6. The average molecular weight is 481 g/mol. The molecule has 2 atom stereocenters. The first-order chi connectivity index (χ1) is 17.0. The van der Waals surface area contributed by atoms with Crippen LogP contribution in [0.5, 0.6) is 5.75 Å². The number of phenolic OH excluding ortho intramolecular Hbond substituents is 1. The lowest BCUT2D eigenvalue weighted by Crippen LogP contribution is -2.58. The molecule has 9 heteroatoms. The Morgan fingerprint density at radius 2 is 1.69 bits per heavy atom. The molecule has 5 N–H and O–H groups in total. The van der Waals surface area contributed by atoms with E-state index < -0.39 is 18.0 Å². The lowest BCUT2D eigenvalue weighted by Gasteiger charge is -2.39. The van der Waals surface area contributed by atoms with E-state index in [1.54, 1.807) is 36.7 Å². The van der Waals surface area contributed by atoms with Gasteiger partial charge in [-0.15, -0.1) is 0 Å². The van der Waals surface area contributed by atoms with E-state index in [-0.39, 0.29) is 11.7 Å². The Morgan fingerprint density at radius 1 is 1.03 bits per heavy atom. The third-order valence-corrected chi connectivity index (χ3v) is 7.07. The molecule has 2 aliphatic rings. The van der Waals surface area contributed by atoms with Crippen molar-refractivity contribution in [2.75, 3.05) is 44.2 Å². The van der Waals surface area contributed by atoms with E-state index in [1.807, 2.05) is 17.0 Å². The maximum absolute atomic E-state index is 13.7. The Kier molecular flexibility index (Phi) is 8.54. The van der Waals surface area contributed by atoms with Gasteiger partial charge in [0.25, 0.3) is 0 Å². The van der Waals surface area contributed by atoms with Crippen molar-refractivity contribution in [2.45, 2.75) is 37.8 Å². The Hall–Kier alpha value is -3.17. The Bertz CT molecular complexity index is 957. The minimum Gasteiger partial charge on any atom is -0.508 e. The minimum absolute atomic E-state index is 0.0369. The molecule has 0 bridgehead atoms. The maximum atomic E-state index is 13.7. The lowest BCUT2D eigenvalue weighted by molar-refractivity contribution is -0.135. The number of hydrogen-bond acceptors (Lipinski definition) is 7. The smallest absolute Gasteiger partial charge is 0.239 e. The van der Waals surface area contributed by atoms with Crippen LogP contribution in [0.15, 0.2) is 48.8 Å². The number of carbonyl (C=O) groups is 2. The van der Waals surface area contributed by atoms with Crippen molar-refractivity contribution in [2.24, 2.45) is 11.7 Å². The van der Waals surface area contributed by atoms with Crippen LogP contribution in [0, 0.1) is 5.92 Å². The Morgan fingerprint density at radius 3 is 2.31 bits per heavy atom. The number of anilines is 1. The second-order valence-electron chi connectivity index (χ2n) is 9.49. The number of aromatic hydroxyl groups is 1. The Labute approximate surface area is 206 Å². The van der Waals surface area contributed by atoms with Gasteiger partial charge in [0.1, 0.15) is 5.75 Å². The first kappa shape index (κ1) is 24.9. The van der Waals surface area contributed by atoms with Gasteiger partial charge in [0.05, 0.1) is 12.1 Å². The number of carbonyl (C=O) groups excluding carboxylic acids is 2. The van der Waals surface area contributed by atoms with Crippen molar-refractivity contribution in [3.63, 3.8) is 0 Å². The third-order valence-electron chi connectivity index (χ3n) is 7.07. The fourth-order valence-corrected chi connectivity index (χ4v) is 5.00. The number of amides is 2. The summed E-state index contributed by atoms with van der Waals surface area (Å²) in [5.74, 6) is 0.138. The molecule has 2 saturated heterocycles. The van der Waals surface area contributed by atoms with Gasteiger partial charge in [-0.25, -0.2) is 0 Å². The molecule has 0 unspecified atom stereocenters. The van der Waals surface area contributed by atoms with E-state index in [0.29, 0.717) is 31.8 Å². The minimum atomic E-state index is -0.673. The van der Waals surface area contributed by atoms with Gasteiger partial charge in [0.15, 0.2) is 0 Å². The molecule has 4 rings (SSSR count). The highest BCUT2D eigenvalue weighted by molar-refractivity contribution is 5.85. The zero-order valence-corrected chi connectivity index (χ0v) is 20.1. The van der Waals surface area contributed by atoms with E-state index in [4.69, 9.17) is 5.73 Å². The van der Waals surface area contributed by atoms with Crippen LogP contribution >= 0.6 is 0 Å². The van der Waals surface area contributed by atoms with Crippen LogP contribution in [0.25, 0.3) is 0 Å². The van der Waals surface area contributed by atoms with Crippen LogP contribution in [0.4, 0.5) is 5.69 Å². The molecule has 0 radical (unpaired) electrons. The maximum Gasteiger partial charge on any atom is 0.239 e. The van der Waals surface area contributed by atoms with Gasteiger partial charge in [0, 0.05) is 44.3 Å². The first-order valence-electron chi connectivity index (χ1n) is 12.5. The molecule has 0 aliphatic carbocycles. The first-order valence-corrected chi connectivity index (χ1v) is 12.5. The highest BCUT2D eigenvalue weighted by atomic mass is 16.3. The summed E-state index contributed by atoms with van der Waals surface area (Å²) in [6.07, 6.45) is 6.64. The molecule has 3 heterocycles. The molecular formula is C26H36N6O3. The molecule has 2 fully saturated rings. The number of primary amides is 1. The molecule has 0 spiro atoms.